The SMILES string of the molecule is Nc1ccc2c(c1)oc1c#cccc12. The first kappa shape index (κ1) is 7.28. The van der Waals surface area contributed by atoms with E-state index < -0.39 is 0 Å². The fourth-order valence-corrected chi connectivity index (χ4v) is 1.62. The normalized spacial score (nSPS) is 10.6. The monoisotopic (exact) mass is 181 g/mol. The molecule has 0 unspecified atom stereocenters. The Hall–Kier alpha value is -2.14. The van der Waals surface area contributed by atoms with E-state index in [4.69, 9.17) is 10.2 Å². The largest absolute Gasteiger partial charge is 0.447 e. The zero-order chi connectivity index (χ0) is 9.54. The number of nitrogens with two attached hydrogens (primary N) is 1. The molecule has 0 amide bonds. The van der Waals surface area contributed by atoms with E-state index in [2.05, 4.69) is 12.1 Å². The molecule has 2 heteroatoms. The molecule has 2 N–H and O–H groups in total. The van der Waals surface area contributed by atoms with Crippen LogP contribution in [0.1, 0.15) is 0 Å². The van der Waals surface area contributed by atoms with Crippen molar-refractivity contribution in [1.82, 2.24) is 0 Å². The molecule has 0 saturated carbocycles. The summed E-state index contributed by atoms with van der Waals surface area (Å²) >= 11 is 0. The van der Waals surface area contributed by atoms with Gasteiger partial charge in [0.2, 0.25) is 0 Å². The van der Waals surface area contributed by atoms with Gasteiger partial charge < -0.3 is 10.2 Å². The smallest absolute Gasteiger partial charge is 0.185 e. The van der Waals surface area contributed by atoms with Crippen LogP contribution in [0, 0.1) is 12.1 Å². The van der Waals surface area contributed by atoms with Crippen molar-refractivity contribution in [1.29, 1.82) is 0 Å². The molecule has 0 atom stereocenters. The highest BCUT2D eigenvalue weighted by molar-refractivity contribution is 6.04. The number of furan rings is 1. The lowest BCUT2D eigenvalue weighted by Crippen LogP contribution is -1.81. The Kier molecular flexibility index (Phi) is 1.26. The van der Waals surface area contributed by atoms with Gasteiger partial charge in [0.15, 0.2) is 5.58 Å². The van der Waals surface area contributed by atoms with Crippen LogP contribution < -0.4 is 5.73 Å². The Labute approximate surface area is 80.9 Å². The van der Waals surface area contributed by atoms with Crippen molar-refractivity contribution in [2.45, 2.75) is 0 Å². The summed E-state index contributed by atoms with van der Waals surface area (Å²) in [5, 5.41) is 2.12. The minimum Gasteiger partial charge on any atom is -0.447 e. The molecule has 0 aliphatic rings. The zero-order valence-corrected chi connectivity index (χ0v) is 7.37. The minimum atomic E-state index is 0.709. The maximum absolute atomic E-state index is 5.67. The van der Waals surface area contributed by atoms with Crippen LogP contribution in [0.2, 0.25) is 0 Å². The molecular formula is C12H7NO. The number of rotatable bonds is 0. The van der Waals surface area contributed by atoms with Crippen LogP contribution in [0.25, 0.3) is 21.9 Å². The fraction of sp³-hybridized carbons (Fsp3) is 0. The second kappa shape index (κ2) is 2.43. The van der Waals surface area contributed by atoms with Crippen LogP contribution in [-0.2, 0) is 0 Å². The molecule has 2 nitrogen and oxygen atoms in total. The van der Waals surface area contributed by atoms with Gasteiger partial charge in [-0.05, 0) is 30.3 Å². The minimum absolute atomic E-state index is 0.709. The third-order valence-electron chi connectivity index (χ3n) is 2.27. The first-order chi connectivity index (χ1) is 6.84. The van der Waals surface area contributed by atoms with Crippen molar-refractivity contribution < 1.29 is 4.42 Å². The first-order valence-corrected chi connectivity index (χ1v) is 4.35. The van der Waals surface area contributed by atoms with Gasteiger partial charge >= 0.3 is 0 Å². The van der Waals surface area contributed by atoms with E-state index in [0.29, 0.717) is 5.69 Å². The van der Waals surface area contributed by atoms with Crippen molar-refractivity contribution >= 4 is 27.6 Å². The highest BCUT2D eigenvalue weighted by Crippen LogP contribution is 2.28. The van der Waals surface area contributed by atoms with Crippen LogP contribution in [0.15, 0.2) is 34.7 Å². The van der Waals surface area contributed by atoms with Crippen LogP contribution in [0.5, 0.6) is 0 Å². The zero-order valence-electron chi connectivity index (χ0n) is 7.37. The van der Waals surface area contributed by atoms with Gasteiger partial charge in [0.25, 0.3) is 0 Å². The van der Waals surface area contributed by atoms with E-state index in [1.165, 1.54) is 0 Å². The average Bonchev–Trinajstić information content (AvgIpc) is 2.54. The summed E-state index contributed by atoms with van der Waals surface area (Å²) in [5.74, 6) is 0. The summed E-state index contributed by atoms with van der Waals surface area (Å²) in [7, 11) is 0. The van der Waals surface area contributed by atoms with E-state index >= 15 is 0 Å². The Morgan fingerprint density at radius 2 is 2.07 bits per heavy atom. The standard InChI is InChI=1S/C12H7NO/c13-8-5-6-10-9-3-1-2-4-11(9)14-12(10)7-8/h1,3,5-7H,13H2. The van der Waals surface area contributed by atoms with E-state index in [-0.39, 0.29) is 0 Å². The molecule has 1 aromatic heterocycles. The number of hydrogen-bond acceptors (Lipinski definition) is 2. The van der Waals surface area contributed by atoms with Crippen LogP contribution in [0.3, 0.4) is 0 Å². The third kappa shape index (κ3) is 0.868. The third-order valence-corrected chi connectivity index (χ3v) is 2.27. The lowest BCUT2D eigenvalue weighted by molar-refractivity contribution is 0.669. The summed E-state index contributed by atoms with van der Waals surface area (Å²) in [4.78, 5) is 0. The van der Waals surface area contributed by atoms with Gasteiger partial charge in [-0.15, -0.1) is 0 Å². The highest BCUT2D eigenvalue weighted by Gasteiger charge is 2.04. The molecule has 66 valence electrons. The predicted octanol–water partition coefficient (Wildman–Crippen LogP) is 2.77. The molecule has 1 heterocycles. The summed E-state index contributed by atoms with van der Waals surface area (Å²) in [6.45, 7) is 0. The molecule has 3 aromatic rings. The maximum atomic E-state index is 5.67. The number of benzene rings is 1. The quantitative estimate of drug-likeness (QED) is 0.541. The maximum Gasteiger partial charge on any atom is 0.185 e. The molecule has 0 fully saturated rings. The molecule has 0 aliphatic heterocycles. The van der Waals surface area contributed by atoms with Crippen molar-refractivity contribution in [2.24, 2.45) is 0 Å². The number of fused-ring (bicyclic) bond motifs is 3. The Morgan fingerprint density at radius 1 is 1.14 bits per heavy atom. The van der Waals surface area contributed by atoms with Gasteiger partial charge in [-0.3, -0.25) is 0 Å². The Bertz CT molecular complexity index is 610. The number of hydrogen-bond donors (Lipinski definition) is 1. The fourth-order valence-electron chi connectivity index (χ4n) is 1.62. The van der Waals surface area contributed by atoms with Gasteiger partial charge in [0, 0.05) is 22.5 Å². The van der Waals surface area contributed by atoms with Crippen LogP contribution in [0.4, 0.5) is 5.69 Å². The van der Waals surface area contributed by atoms with Gasteiger partial charge in [0.1, 0.15) is 5.58 Å². The summed E-state index contributed by atoms with van der Waals surface area (Å²) < 4.78 is 5.57. The summed E-state index contributed by atoms with van der Waals surface area (Å²) in [5.41, 5.74) is 7.91. The molecule has 0 radical (unpaired) electrons. The number of anilines is 1. The number of nitrogen functional groups attached to an aromatic ring is 1. The topological polar surface area (TPSA) is 39.2 Å². The van der Waals surface area contributed by atoms with Crippen molar-refractivity contribution in [3.63, 3.8) is 0 Å². The van der Waals surface area contributed by atoms with Crippen molar-refractivity contribution in [3.05, 3.63) is 42.5 Å². The molecule has 0 saturated heterocycles. The highest BCUT2D eigenvalue weighted by atomic mass is 16.3. The van der Waals surface area contributed by atoms with Crippen LogP contribution in [-0.4, -0.2) is 0 Å². The molecule has 2 aromatic carbocycles. The average molecular weight is 181 g/mol. The second-order valence-corrected chi connectivity index (χ2v) is 3.20. The van der Waals surface area contributed by atoms with Crippen molar-refractivity contribution in [2.75, 3.05) is 5.73 Å². The van der Waals surface area contributed by atoms with Crippen LogP contribution >= 0.6 is 0 Å². The molecule has 14 heavy (non-hydrogen) atoms. The first-order valence-electron chi connectivity index (χ1n) is 4.35. The predicted molar refractivity (Wildman–Crippen MR) is 55.8 cm³/mol. The molecule has 0 bridgehead atoms. The Balaban J connectivity index is 2.57. The lowest BCUT2D eigenvalue weighted by Gasteiger charge is -1.90. The summed E-state index contributed by atoms with van der Waals surface area (Å²) in [6, 6.07) is 15.2. The van der Waals surface area contributed by atoms with Gasteiger partial charge in [-0.1, -0.05) is 6.07 Å². The van der Waals surface area contributed by atoms with Crippen molar-refractivity contribution in [3.8, 4) is 0 Å². The van der Waals surface area contributed by atoms with Gasteiger partial charge in [0.05, 0.1) is 0 Å². The van der Waals surface area contributed by atoms with E-state index in [0.717, 1.165) is 21.9 Å². The second-order valence-electron chi connectivity index (χ2n) is 3.20. The molecule has 0 spiro atoms. The lowest BCUT2D eigenvalue weighted by atomic mass is 10.2. The van der Waals surface area contributed by atoms with E-state index in [1.54, 1.807) is 0 Å². The Morgan fingerprint density at radius 3 is 3.00 bits per heavy atom. The molecule has 0 aliphatic carbocycles. The molecule has 3 rings (SSSR count). The molecular weight excluding hydrogens is 174 g/mol. The van der Waals surface area contributed by atoms with E-state index in [9.17, 15) is 0 Å². The van der Waals surface area contributed by atoms with Gasteiger partial charge in [-0.2, -0.15) is 0 Å². The summed E-state index contributed by atoms with van der Waals surface area (Å²) in [6.07, 6.45) is 0. The van der Waals surface area contributed by atoms with Gasteiger partial charge in [-0.25, -0.2) is 0 Å². The van der Waals surface area contributed by atoms with E-state index in [1.807, 2.05) is 30.3 Å².